The summed E-state index contributed by atoms with van der Waals surface area (Å²) >= 11 is 5.67. The van der Waals surface area contributed by atoms with E-state index in [1.807, 2.05) is 13.8 Å². The van der Waals surface area contributed by atoms with E-state index in [4.69, 9.17) is 11.6 Å². The van der Waals surface area contributed by atoms with E-state index >= 15 is 0 Å². The molecule has 0 aliphatic carbocycles. The standard InChI is InChI=1S/C13H19ClFNO2S/c1-4-16(9-10(2)3)19(17,18)13-7-11(8-14)5-6-12(13)15/h5-7,10H,4,8-9H2,1-3H3. The molecular formula is C13H19ClFNO2S. The van der Waals surface area contributed by atoms with Gasteiger partial charge >= 0.3 is 0 Å². The molecule has 0 aliphatic heterocycles. The van der Waals surface area contributed by atoms with Crippen LogP contribution < -0.4 is 0 Å². The molecule has 0 aromatic heterocycles. The van der Waals surface area contributed by atoms with E-state index in [-0.39, 0.29) is 16.7 Å². The first-order valence-corrected chi connectivity index (χ1v) is 8.14. The Hall–Kier alpha value is -0.650. The predicted molar refractivity (Wildman–Crippen MR) is 75.2 cm³/mol. The highest BCUT2D eigenvalue weighted by Crippen LogP contribution is 2.22. The van der Waals surface area contributed by atoms with E-state index in [1.54, 1.807) is 6.92 Å². The van der Waals surface area contributed by atoms with Gasteiger partial charge in [0.1, 0.15) is 10.7 Å². The Bertz CT molecular complexity index is 531. The Kier molecular flexibility index (Phi) is 5.77. The van der Waals surface area contributed by atoms with Crippen LogP contribution in [-0.2, 0) is 15.9 Å². The Morgan fingerprint density at radius 3 is 2.47 bits per heavy atom. The van der Waals surface area contributed by atoms with Gasteiger partial charge in [-0.25, -0.2) is 12.8 Å². The van der Waals surface area contributed by atoms with Crippen molar-refractivity contribution in [2.24, 2.45) is 5.92 Å². The molecule has 0 atom stereocenters. The van der Waals surface area contributed by atoms with Gasteiger partial charge in [0, 0.05) is 19.0 Å². The Morgan fingerprint density at radius 2 is 2.00 bits per heavy atom. The van der Waals surface area contributed by atoms with Crippen molar-refractivity contribution < 1.29 is 12.8 Å². The molecule has 0 saturated carbocycles. The minimum absolute atomic E-state index is 0.152. The fraction of sp³-hybridized carbons (Fsp3) is 0.538. The van der Waals surface area contributed by atoms with Crippen molar-refractivity contribution in [2.45, 2.75) is 31.5 Å². The maximum absolute atomic E-state index is 13.8. The first-order valence-electron chi connectivity index (χ1n) is 6.17. The monoisotopic (exact) mass is 307 g/mol. The lowest BCUT2D eigenvalue weighted by molar-refractivity contribution is 0.378. The highest BCUT2D eigenvalue weighted by Gasteiger charge is 2.27. The third-order valence-electron chi connectivity index (χ3n) is 2.69. The minimum Gasteiger partial charge on any atom is -0.207 e. The van der Waals surface area contributed by atoms with Gasteiger partial charge in [0.05, 0.1) is 0 Å². The van der Waals surface area contributed by atoms with Crippen LogP contribution in [0, 0.1) is 11.7 Å². The van der Waals surface area contributed by atoms with Gasteiger partial charge in [-0.15, -0.1) is 11.6 Å². The second-order valence-electron chi connectivity index (χ2n) is 4.75. The van der Waals surface area contributed by atoms with Gasteiger partial charge in [-0.1, -0.05) is 26.8 Å². The lowest BCUT2D eigenvalue weighted by Gasteiger charge is -2.22. The molecule has 19 heavy (non-hydrogen) atoms. The molecule has 1 aromatic carbocycles. The van der Waals surface area contributed by atoms with Crippen molar-refractivity contribution in [3.63, 3.8) is 0 Å². The van der Waals surface area contributed by atoms with Crippen LogP contribution in [0.4, 0.5) is 4.39 Å². The number of alkyl halides is 1. The summed E-state index contributed by atoms with van der Waals surface area (Å²) in [6.07, 6.45) is 0. The lowest BCUT2D eigenvalue weighted by Crippen LogP contribution is -2.34. The first-order chi connectivity index (χ1) is 8.82. The predicted octanol–water partition coefficient (Wildman–Crippen LogP) is 3.23. The maximum atomic E-state index is 13.8. The van der Waals surface area contributed by atoms with Gasteiger partial charge in [0.15, 0.2) is 0 Å². The first kappa shape index (κ1) is 16.4. The molecule has 1 rings (SSSR count). The van der Waals surface area contributed by atoms with Crippen molar-refractivity contribution >= 4 is 21.6 Å². The SMILES string of the molecule is CCN(CC(C)C)S(=O)(=O)c1cc(CCl)ccc1F. The van der Waals surface area contributed by atoms with Crippen molar-refractivity contribution in [1.29, 1.82) is 0 Å². The number of halogens is 2. The molecule has 0 saturated heterocycles. The normalized spacial score (nSPS) is 12.4. The van der Waals surface area contributed by atoms with Crippen LogP contribution in [0.15, 0.2) is 23.1 Å². The van der Waals surface area contributed by atoms with Crippen LogP contribution in [0.3, 0.4) is 0 Å². The number of rotatable bonds is 6. The fourth-order valence-corrected chi connectivity index (χ4v) is 3.67. The van der Waals surface area contributed by atoms with Crippen LogP contribution in [0.1, 0.15) is 26.3 Å². The van der Waals surface area contributed by atoms with Crippen molar-refractivity contribution in [2.75, 3.05) is 13.1 Å². The van der Waals surface area contributed by atoms with E-state index in [9.17, 15) is 12.8 Å². The van der Waals surface area contributed by atoms with Gasteiger partial charge in [-0.05, 0) is 23.6 Å². The molecule has 1 aromatic rings. The fourth-order valence-electron chi connectivity index (χ4n) is 1.77. The average Bonchev–Trinajstić information content (AvgIpc) is 2.35. The highest BCUT2D eigenvalue weighted by molar-refractivity contribution is 7.89. The van der Waals surface area contributed by atoms with Gasteiger partial charge in [-0.3, -0.25) is 0 Å². The van der Waals surface area contributed by atoms with Gasteiger partial charge < -0.3 is 0 Å². The summed E-state index contributed by atoms with van der Waals surface area (Å²) in [4.78, 5) is -0.298. The molecule has 0 unspecified atom stereocenters. The van der Waals surface area contributed by atoms with Gasteiger partial charge in [0.25, 0.3) is 0 Å². The summed E-state index contributed by atoms with van der Waals surface area (Å²) in [5.74, 6) is -0.413. The van der Waals surface area contributed by atoms with Crippen LogP contribution >= 0.6 is 11.6 Å². The summed E-state index contributed by atoms with van der Waals surface area (Å²) < 4.78 is 39.9. The van der Waals surface area contributed by atoms with E-state index in [0.717, 1.165) is 6.07 Å². The number of hydrogen-bond acceptors (Lipinski definition) is 2. The summed E-state index contributed by atoms with van der Waals surface area (Å²) in [6, 6.07) is 3.94. The van der Waals surface area contributed by atoms with Crippen molar-refractivity contribution in [3.05, 3.63) is 29.6 Å². The number of hydrogen-bond donors (Lipinski definition) is 0. The molecule has 0 fully saturated rings. The largest absolute Gasteiger partial charge is 0.245 e. The summed E-state index contributed by atoms with van der Waals surface area (Å²) in [5.41, 5.74) is 0.585. The van der Waals surface area contributed by atoms with E-state index in [2.05, 4.69) is 0 Å². The zero-order chi connectivity index (χ0) is 14.6. The van der Waals surface area contributed by atoms with Crippen LogP contribution in [0.2, 0.25) is 0 Å². The minimum atomic E-state index is -3.81. The average molecular weight is 308 g/mol. The molecule has 108 valence electrons. The number of benzene rings is 1. The molecule has 0 amide bonds. The van der Waals surface area contributed by atoms with E-state index < -0.39 is 15.8 Å². The Morgan fingerprint density at radius 1 is 1.37 bits per heavy atom. The van der Waals surface area contributed by atoms with Crippen molar-refractivity contribution in [1.82, 2.24) is 4.31 Å². The molecule has 0 heterocycles. The third-order valence-corrected chi connectivity index (χ3v) is 4.95. The summed E-state index contributed by atoms with van der Waals surface area (Å²) in [6.45, 7) is 6.26. The lowest BCUT2D eigenvalue weighted by atomic mass is 10.2. The highest BCUT2D eigenvalue weighted by atomic mass is 35.5. The van der Waals surface area contributed by atoms with Gasteiger partial charge in [-0.2, -0.15) is 4.31 Å². The summed E-state index contributed by atoms with van der Waals surface area (Å²) in [5, 5.41) is 0. The molecule has 0 bridgehead atoms. The maximum Gasteiger partial charge on any atom is 0.245 e. The van der Waals surface area contributed by atoms with Crippen LogP contribution in [-0.4, -0.2) is 25.8 Å². The van der Waals surface area contributed by atoms with Gasteiger partial charge in [0.2, 0.25) is 10.0 Å². The zero-order valence-corrected chi connectivity index (χ0v) is 12.9. The zero-order valence-electron chi connectivity index (χ0n) is 11.4. The topological polar surface area (TPSA) is 37.4 Å². The molecular weight excluding hydrogens is 289 g/mol. The van der Waals surface area contributed by atoms with Crippen LogP contribution in [0.5, 0.6) is 0 Å². The molecule has 0 radical (unpaired) electrons. The summed E-state index contributed by atoms with van der Waals surface area (Å²) in [7, 11) is -3.81. The Labute approximate surface area is 119 Å². The number of nitrogens with zero attached hydrogens (tertiary/aromatic N) is 1. The smallest absolute Gasteiger partial charge is 0.207 e. The van der Waals surface area contributed by atoms with Crippen molar-refractivity contribution in [3.8, 4) is 0 Å². The molecule has 3 nitrogen and oxygen atoms in total. The van der Waals surface area contributed by atoms with E-state index in [1.165, 1.54) is 16.4 Å². The molecule has 0 spiro atoms. The van der Waals surface area contributed by atoms with Crippen LogP contribution in [0.25, 0.3) is 0 Å². The molecule has 0 N–H and O–H groups in total. The second-order valence-corrected chi connectivity index (χ2v) is 6.92. The molecule has 0 aliphatic rings. The third kappa shape index (κ3) is 3.91. The second kappa shape index (κ2) is 6.68. The quantitative estimate of drug-likeness (QED) is 0.757. The van der Waals surface area contributed by atoms with E-state index in [0.29, 0.717) is 18.7 Å². The Balaban J connectivity index is 3.24. The molecule has 6 heteroatoms. The number of sulfonamides is 1.